The molecule has 0 unspecified atom stereocenters. The summed E-state index contributed by atoms with van der Waals surface area (Å²) in [7, 11) is -7.07. The zero-order chi connectivity index (χ0) is 15.8. The quantitative estimate of drug-likeness (QED) is 0.484. The molecular weight excluding hydrogens is 311 g/mol. The van der Waals surface area contributed by atoms with E-state index >= 15 is 0 Å². The normalized spacial score (nSPS) is 13.3. The fourth-order valence-electron chi connectivity index (χ4n) is 1.52. The first-order valence-electron chi connectivity index (χ1n) is 5.78. The summed E-state index contributed by atoms with van der Waals surface area (Å²) in [4.78, 5) is 3.64. The monoisotopic (exact) mass is 327 g/mol. The maximum absolute atomic E-state index is 12.2. The second-order valence-corrected chi connectivity index (χ2v) is 12.7. The van der Waals surface area contributed by atoms with Crippen LogP contribution in [0.1, 0.15) is 11.1 Å². The summed E-state index contributed by atoms with van der Waals surface area (Å²) in [5.41, 5.74) is -3.91. The molecule has 0 aliphatic heterocycles. The van der Waals surface area contributed by atoms with Gasteiger partial charge in [-0.1, -0.05) is 19.6 Å². The van der Waals surface area contributed by atoms with Crippen molar-refractivity contribution >= 4 is 18.2 Å². The number of aryl methyl sites for hydroxylation is 1. The lowest BCUT2D eigenvalue weighted by atomic mass is 10.2. The summed E-state index contributed by atoms with van der Waals surface area (Å²) in [6, 6.07) is 2.01. The Labute approximate surface area is 117 Å². The maximum atomic E-state index is 12.2. The Morgan fingerprint density at radius 2 is 1.85 bits per heavy atom. The van der Waals surface area contributed by atoms with Crippen molar-refractivity contribution in [3.05, 3.63) is 23.4 Å². The number of aromatic nitrogens is 1. The van der Waals surface area contributed by atoms with Gasteiger partial charge >= 0.3 is 15.6 Å². The Balaban J connectivity index is 3.00. The van der Waals surface area contributed by atoms with Crippen molar-refractivity contribution in [3.63, 3.8) is 0 Å². The molecule has 1 heterocycles. The molecule has 0 amide bonds. The molecule has 0 bridgehead atoms. The Hall–Kier alpha value is -1.09. The lowest BCUT2D eigenvalue weighted by molar-refractivity contribution is -0.0501. The molecule has 0 aromatic carbocycles. The van der Waals surface area contributed by atoms with Gasteiger partial charge in [-0.05, 0) is 24.1 Å². The summed E-state index contributed by atoms with van der Waals surface area (Å²) < 4.78 is 62.3. The molecule has 4 nitrogen and oxygen atoms in total. The third-order valence-electron chi connectivity index (χ3n) is 2.39. The van der Waals surface area contributed by atoms with E-state index in [4.69, 9.17) is 0 Å². The molecule has 0 saturated carbocycles. The van der Waals surface area contributed by atoms with Gasteiger partial charge in [0.15, 0.2) is 0 Å². The minimum atomic E-state index is -5.67. The third kappa shape index (κ3) is 4.48. The molecule has 20 heavy (non-hydrogen) atoms. The van der Waals surface area contributed by atoms with Gasteiger partial charge in [-0.3, -0.25) is 0 Å². The molecule has 0 radical (unpaired) electrons. The van der Waals surface area contributed by atoms with Crippen LogP contribution in [0.3, 0.4) is 0 Å². The summed E-state index contributed by atoms with van der Waals surface area (Å²) in [5, 5.41) is 0. The van der Waals surface area contributed by atoms with Crippen LogP contribution in [-0.4, -0.2) is 27.0 Å². The van der Waals surface area contributed by atoms with Crippen LogP contribution in [0.4, 0.5) is 13.2 Å². The van der Waals surface area contributed by atoms with Gasteiger partial charge < -0.3 is 4.18 Å². The van der Waals surface area contributed by atoms with Gasteiger partial charge in [0.2, 0.25) is 5.88 Å². The molecule has 1 aromatic rings. The molecule has 0 saturated heterocycles. The van der Waals surface area contributed by atoms with Crippen LogP contribution in [0, 0.1) is 6.92 Å². The van der Waals surface area contributed by atoms with Gasteiger partial charge in [0.05, 0.1) is 0 Å². The number of hydrogen-bond donors (Lipinski definition) is 0. The van der Waals surface area contributed by atoms with Crippen molar-refractivity contribution in [2.45, 2.75) is 38.1 Å². The third-order valence-corrected chi connectivity index (χ3v) is 4.79. The maximum Gasteiger partial charge on any atom is 0.534 e. The first-order valence-corrected chi connectivity index (χ1v) is 10.9. The van der Waals surface area contributed by atoms with Gasteiger partial charge in [0.1, 0.15) is 0 Å². The van der Waals surface area contributed by atoms with Crippen LogP contribution in [0.15, 0.2) is 12.3 Å². The zero-order valence-electron chi connectivity index (χ0n) is 11.6. The first-order chi connectivity index (χ1) is 8.82. The lowest BCUT2D eigenvalue weighted by Gasteiger charge is -2.17. The Morgan fingerprint density at radius 1 is 1.30 bits per heavy atom. The Bertz CT molecular complexity index is 594. The topological polar surface area (TPSA) is 56.3 Å². The van der Waals surface area contributed by atoms with Gasteiger partial charge in [-0.15, -0.1) is 0 Å². The number of rotatable bonds is 4. The SMILES string of the molecule is Cc1cc(OS(=O)(=O)C(F)(F)F)ncc1C[Si](C)(C)C. The highest BCUT2D eigenvalue weighted by molar-refractivity contribution is 7.87. The molecule has 0 atom stereocenters. The van der Waals surface area contributed by atoms with Gasteiger partial charge in [-0.25, -0.2) is 4.98 Å². The molecule has 0 fully saturated rings. The van der Waals surface area contributed by atoms with E-state index in [0.717, 1.165) is 11.6 Å². The van der Waals surface area contributed by atoms with E-state index in [1.807, 2.05) is 0 Å². The Morgan fingerprint density at radius 3 is 2.25 bits per heavy atom. The molecule has 1 rings (SSSR count). The standard InChI is InChI=1S/C11H16F3NO3SSi/c1-8-5-10(18-19(16,17)11(12,13)14)15-6-9(8)7-20(2,3)4/h5-6H,7H2,1-4H3. The molecule has 1 aromatic heterocycles. The van der Waals surface area contributed by atoms with Crippen molar-refractivity contribution in [1.29, 1.82) is 0 Å². The molecule has 0 N–H and O–H groups in total. The van der Waals surface area contributed by atoms with E-state index in [1.165, 1.54) is 12.3 Å². The Kier molecular flexibility index (Phi) is 4.54. The summed E-state index contributed by atoms with van der Waals surface area (Å²) in [5.74, 6) is -0.570. The van der Waals surface area contributed by atoms with E-state index in [2.05, 4.69) is 28.8 Å². The van der Waals surface area contributed by atoms with Crippen molar-refractivity contribution < 1.29 is 25.8 Å². The summed E-state index contributed by atoms with van der Waals surface area (Å²) >= 11 is 0. The number of halogens is 3. The van der Waals surface area contributed by atoms with Crippen LogP contribution >= 0.6 is 0 Å². The van der Waals surface area contributed by atoms with Crippen molar-refractivity contribution in [1.82, 2.24) is 4.98 Å². The van der Waals surface area contributed by atoms with E-state index in [1.54, 1.807) is 6.92 Å². The minimum absolute atomic E-state index is 0.570. The first kappa shape index (κ1) is 17.0. The predicted molar refractivity (Wildman–Crippen MR) is 71.6 cm³/mol. The number of alkyl halides is 3. The zero-order valence-corrected chi connectivity index (χ0v) is 13.4. The number of hydrogen-bond acceptors (Lipinski definition) is 4. The van der Waals surface area contributed by atoms with Crippen molar-refractivity contribution in [2.24, 2.45) is 0 Å². The molecule has 9 heteroatoms. The average molecular weight is 327 g/mol. The highest BCUT2D eigenvalue weighted by atomic mass is 32.2. The average Bonchev–Trinajstić information content (AvgIpc) is 2.18. The van der Waals surface area contributed by atoms with Crippen LogP contribution in [0.2, 0.25) is 19.6 Å². The number of pyridine rings is 1. The fourth-order valence-corrected chi connectivity index (χ4v) is 3.44. The molecule has 0 aliphatic carbocycles. The van der Waals surface area contributed by atoms with Gasteiger partial charge in [0, 0.05) is 20.3 Å². The highest BCUT2D eigenvalue weighted by Crippen LogP contribution is 2.27. The van der Waals surface area contributed by atoms with Gasteiger partial charge in [-0.2, -0.15) is 21.6 Å². The van der Waals surface area contributed by atoms with E-state index in [-0.39, 0.29) is 0 Å². The van der Waals surface area contributed by atoms with Crippen LogP contribution in [0.5, 0.6) is 5.88 Å². The van der Waals surface area contributed by atoms with Crippen LogP contribution < -0.4 is 4.18 Å². The second-order valence-electron chi connectivity index (χ2n) is 5.67. The number of nitrogens with zero attached hydrogens (tertiary/aromatic N) is 1. The molecule has 0 spiro atoms. The minimum Gasteiger partial charge on any atom is -0.355 e. The largest absolute Gasteiger partial charge is 0.534 e. The van der Waals surface area contributed by atoms with Crippen LogP contribution in [0.25, 0.3) is 0 Å². The predicted octanol–water partition coefficient (Wildman–Crippen LogP) is 3.04. The van der Waals surface area contributed by atoms with Crippen molar-refractivity contribution in [2.75, 3.05) is 0 Å². The summed E-state index contributed by atoms with van der Waals surface area (Å²) in [6.07, 6.45) is 1.37. The van der Waals surface area contributed by atoms with E-state index in [0.29, 0.717) is 5.56 Å². The van der Waals surface area contributed by atoms with E-state index in [9.17, 15) is 21.6 Å². The van der Waals surface area contributed by atoms with Crippen LogP contribution in [-0.2, 0) is 16.2 Å². The van der Waals surface area contributed by atoms with Gasteiger partial charge in [0.25, 0.3) is 0 Å². The fraction of sp³-hybridized carbons (Fsp3) is 0.545. The second kappa shape index (κ2) is 5.36. The molecule has 114 valence electrons. The molecule has 0 aliphatic rings. The van der Waals surface area contributed by atoms with E-state index < -0.39 is 29.6 Å². The smallest absolute Gasteiger partial charge is 0.355 e. The summed E-state index contributed by atoms with van der Waals surface area (Å²) in [6.45, 7) is 8.12. The lowest BCUT2D eigenvalue weighted by Crippen LogP contribution is -2.28. The molecular formula is C11H16F3NO3SSi. The van der Waals surface area contributed by atoms with Crippen molar-refractivity contribution in [3.8, 4) is 5.88 Å². The highest BCUT2D eigenvalue weighted by Gasteiger charge is 2.48.